The van der Waals surface area contributed by atoms with Crippen molar-refractivity contribution in [2.24, 2.45) is 7.05 Å². The van der Waals surface area contributed by atoms with E-state index in [0.29, 0.717) is 5.92 Å². The van der Waals surface area contributed by atoms with Gasteiger partial charge in [-0.25, -0.2) is 9.50 Å². The second kappa shape index (κ2) is 6.68. The van der Waals surface area contributed by atoms with Gasteiger partial charge >= 0.3 is 0 Å². The molecule has 140 valence electrons. The number of imidazole rings is 1. The van der Waals surface area contributed by atoms with Gasteiger partial charge in [-0.05, 0) is 62.9 Å². The minimum atomic E-state index is 0.496. The standard InChI is InChI=1S/C22H25ClN4/c1-6-15(7-2)18-10-13(3)25-27-21(14(4)24-22(18)27)20-12-16-11-17(23)8-9-19(16)26(20)5/h8-12,15H,6-7H2,1-5H3. The number of benzene rings is 1. The third kappa shape index (κ3) is 2.83. The molecular formula is C22H25ClN4. The van der Waals surface area contributed by atoms with E-state index >= 15 is 0 Å². The first kappa shape index (κ1) is 18.1. The lowest BCUT2D eigenvalue weighted by molar-refractivity contribution is 0.638. The first-order valence-corrected chi connectivity index (χ1v) is 9.94. The van der Waals surface area contributed by atoms with Gasteiger partial charge in [-0.2, -0.15) is 5.10 Å². The Morgan fingerprint density at radius 3 is 2.52 bits per heavy atom. The molecule has 0 fully saturated rings. The highest BCUT2D eigenvalue weighted by molar-refractivity contribution is 6.31. The SMILES string of the molecule is CCC(CC)c1cc(C)nn2c(-c3cc4cc(Cl)ccc4n3C)c(C)nc12. The highest BCUT2D eigenvalue weighted by Crippen LogP contribution is 2.34. The summed E-state index contributed by atoms with van der Waals surface area (Å²) in [6, 6.07) is 10.4. The van der Waals surface area contributed by atoms with E-state index in [-0.39, 0.29) is 0 Å². The van der Waals surface area contributed by atoms with E-state index < -0.39 is 0 Å². The van der Waals surface area contributed by atoms with E-state index in [1.54, 1.807) is 0 Å². The van der Waals surface area contributed by atoms with E-state index in [1.807, 2.05) is 16.6 Å². The Kier molecular flexibility index (Phi) is 4.47. The van der Waals surface area contributed by atoms with Crippen LogP contribution in [0.4, 0.5) is 0 Å². The van der Waals surface area contributed by atoms with Gasteiger partial charge in [-0.3, -0.25) is 0 Å². The monoisotopic (exact) mass is 380 g/mol. The van der Waals surface area contributed by atoms with Crippen LogP contribution in [0.25, 0.3) is 27.9 Å². The van der Waals surface area contributed by atoms with Crippen LogP contribution in [-0.2, 0) is 7.05 Å². The summed E-state index contributed by atoms with van der Waals surface area (Å²) in [7, 11) is 2.09. The molecule has 0 atom stereocenters. The molecule has 0 saturated carbocycles. The molecule has 0 bridgehead atoms. The van der Waals surface area contributed by atoms with Crippen LogP contribution in [-0.4, -0.2) is 19.2 Å². The second-order valence-electron chi connectivity index (χ2n) is 7.33. The maximum absolute atomic E-state index is 6.20. The molecule has 0 aliphatic heterocycles. The summed E-state index contributed by atoms with van der Waals surface area (Å²) >= 11 is 6.20. The zero-order chi connectivity index (χ0) is 19.3. The van der Waals surface area contributed by atoms with Gasteiger partial charge < -0.3 is 4.57 Å². The zero-order valence-electron chi connectivity index (χ0n) is 16.5. The number of hydrogen-bond donors (Lipinski definition) is 0. The van der Waals surface area contributed by atoms with Crippen molar-refractivity contribution in [3.8, 4) is 11.4 Å². The van der Waals surface area contributed by atoms with Gasteiger partial charge in [0, 0.05) is 28.5 Å². The molecule has 0 aliphatic rings. The average molecular weight is 381 g/mol. The minimum absolute atomic E-state index is 0.496. The molecule has 1 aromatic carbocycles. The predicted molar refractivity (Wildman–Crippen MR) is 113 cm³/mol. The number of halogens is 1. The number of aryl methyl sites for hydroxylation is 3. The summed E-state index contributed by atoms with van der Waals surface area (Å²) in [5.74, 6) is 0.496. The smallest absolute Gasteiger partial charge is 0.158 e. The van der Waals surface area contributed by atoms with Crippen LogP contribution in [0.2, 0.25) is 5.02 Å². The topological polar surface area (TPSA) is 35.1 Å². The van der Waals surface area contributed by atoms with Gasteiger partial charge in [0.05, 0.1) is 17.1 Å². The molecule has 0 spiro atoms. The highest BCUT2D eigenvalue weighted by Gasteiger charge is 2.21. The first-order chi connectivity index (χ1) is 12.9. The van der Waals surface area contributed by atoms with Gasteiger partial charge in [0.1, 0.15) is 5.69 Å². The molecule has 4 nitrogen and oxygen atoms in total. The van der Waals surface area contributed by atoms with E-state index in [0.717, 1.165) is 57.2 Å². The Bertz CT molecular complexity index is 1150. The molecule has 27 heavy (non-hydrogen) atoms. The molecule has 0 aliphatic carbocycles. The molecule has 0 amide bonds. The fourth-order valence-electron chi connectivity index (χ4n) is 4.15. The molecule has 4 aromatic rings. The van der Waals surface area contributed by atoms with Crippen LogP contribution in [0.15, 0.2) is 30.3 Å². The quantitative estimate of drug-likeness (QED) is 0.431. The molecule has 0 saturated heterocycles. The van der Waals surface area contributed by atoms with Crippen molar-refractivity contribution in [2.75, 3.05) is 0 Å². The molecule has 5 heteroatoms. The van der Waals surface area contributed by atoms with E-state index in [4.69, 9.17) is 21.7 Å². The lowest BCUT2D eigenvalue weighted by atomic mass is 9.95. The van der Waals surface area contributed by atoms with Crippen molar-refractivity contribution >= 4 is 28.2 Å². The highest BCUT2D eigenvalue weighted by atomic mass is 35.5. The maximum atomic E-state index is 6.20. The average Bonchev–Trinajstić information content (AvgIpc) is 3.12. The predicted octanol–water partition coefficient (Wildman–Crippen LogP) is 6.06. The molecule has 3 heterocycles. The van der Waals surface area contributed by atoms with Gasteiger partial charge in [-0.15, -0.1) is 0 Å². The molecular weight excluding hydrogens is 356 g/mol. The van der Waals surface area contributed by atoms with Crippen molar-refractivity contribution in [1.29, 1.82) is 0 Å². The van der Waals surface area contributed by atoms with Gasteiger partial charge in [0.25, 0.3) is 0 Å². The maximum Gasteiger partial charge on any atom is 0.158 e. The Labute approximate surface area is 164 Å². The summed E-state index contributed by atoms with van der Waals surface area (Å²) in [6.07, 6.45) is 2.20. The zero-order valence-corrected chi connectivity index (χ0v) is 17.3. The van der Waals surface area contributed by atoms with Crippen molar-refractivity contribution in [3.05, 3.63) is 52.3 Å². The van der Waals surface area contributed by atoms with Crippen LogP contribution >= 0.6 is 11.6 Å². The summed E-state index contributed by atoms with van der Waals surface area (Å²) in [5, 5.41) is 6.70. The van der Waals surface area contributed by atoms with E-state index in [1.165, 1.54) is 5.56 Å². The van der Waals surface area contributed by atoms with Crippen molar-refractivity contribution in [2.45, 2.75) is 46.5 Å². The minimum Gasteiger partial charge on any atom is -0.342 e. The Hall–Kier alpha value is -2.33. The molecule has 0 unspecified atom stereocenters. The molecule has 0 N–H and O–H groups in total. The lowest BCUT2D eigenvalue weighted by Gasteiger charge is -2.15. The van der Waals surface area contributed by atoms with E-state index in [2.05, 4.69) is 57.5 Å². The van der Waals surface area contributed by atoms with Gasteiger partial charge in [0.2, 0.25) is 0 Å². The first-order valence-electron chi connectivity index (χ1n) is 9.56. The van der Waals surface area contributed by atoms with Gasteiger partial charge in [0.15, 0.2) is 5.65 Å². The third-order valence-corrected chi connectivity index (χ3v) is 5.82. The summed E-state index contributed by atoms with van der Waals surface area (Å²) in [5.41, 5.74) is 7.59. The fourth-order valence-corrected chi connectivity index (χ4v) is 4.33. The number of rotatable bonds is 4. The number of hydrogen-bond acceptors (Lipinski definition) is 2. The Morgan fingerprint density at radius 2 is 1.81 bits per heavy atom. The van der Waals surface area contributed by atoms with Crippen LogP contribution in [0.3, 0.4) is 0 Å². The number of fused-ring (bicyclic) bond motifs is 2. The van der Waals surface area contributed by atoms with Crippen molar-refractivity contribution in [3.63, 3.8) is 0 Å². The molecule has 0 radical (unpaired) electrons. The number of aromatic nitrogens is 4. The normalized spacial score (nSPS) is 12.0. The molecule has 3 aromatic heterocycles. The molecule has 4 rings (SSSR count). The van der Waals surface area contributed by atoms with E-state index in [9.17, 15) is 0 Å². The number of nitrogens with zero attached hydrogens (tertiary/aromatic N) is 4. The third-order valence-electron chi connectivity index (χ3n) is 5.58. The van der Waals surface area contributed by atoms with Crippen LogP contribution in [0.1, 0.15) is 49.6 Å². The Morgan fingerprint density at radius 1 is 1.07 bits per heavy atom. The fraction of sp³-hybridized carbons (Fsp3) is 0.364. The van der Waals surface area contributed by atoms with Crippen molar-refractivity contribution in [1.82, 2.24) is 19.2 Å². The van der Waals surface area contributed by atoms with Gasteiger partial charge in [-0.1, -0.05) is 25.4 Å². The second-order valence-corrected chi connectivity index (χ2v) is 7.76. The Balaban J connectivity index is 2.03. The lowest BCUT2D eigenvalue weighted by Crippen LogP contribution is -2.05. The van der Waals surface area contributed by atoms with Crippen LogP contribution in [0.5, 0.6) is 0 Å². The van der Waals surface area contributed by atoms with Crippen LogP contribution in [0, 0.1) is 13.8 Å². The summed E-state index contributed by atoms with van der Waals surface area (Å²) in [6.45, 7) is 8.61. The summed E-state index contributed by atoms with van der Waals surface area (Å²) < 4.78 is 4.23. The summed E-state index contributed by atoms with van der Waals surface area (Å²) in [4.78, 5) is 4.94. The largest absolute Gasteiger partial charge is 0.342 e. The van der Waals surface area contributed by atoms with Crippen LogP contribution < -0.4 is 0 Å². The van der Waals surface area contributed by atoms with Crippen molar-refractivity contribution < 1.29 is 0 Å².